The van der Waals surface area contributed by atoms with Crippen molar-refractivity contribution in [2.24, 2.45) is 5.92 Å². The van der Waals surface area contributed by atoms with Gasteiger partial charge in [0.2, 0.25) is 5.54 Å². The van der Waals surface area contributed by atoms with Gasteiger partial charge in [-0.05, 0) is 55.0 Å². The largest absolute Gasteiger partial charge is 0.457 e. The molecule has 2 aromatic rings. The topological polar surface area (TPSA) is 140 Å². The fourth-order valence-electron chi connectivity index (χ4n) is 4.49. The highest BCUT2D eigenvalue weighted by molar-refractivity contribution is 6.22. The van der Waals surface area contributed by atoms with Crippen molar-refractivity contribution in [1.29, 1.82) is 0 Å². The summed E-state index contributed by atoms with van der Waals surface area (Å²) in [7, 11) is 0. The van der Waals surface area contributed by atoms with E-state index in [0.717, 1.165) is 0 Å². The number of hydrogen-bond acceptors (Lipinski definition) is 8. The molecule has 2 aliphatic heterocycles. The number of urea groups is 1. The van der Waals surface area contributed by atoms with Crippen LogP contribution in [0.1, 0.15) is 24.8 Å². The molecule has 2 heterocycles. The molecule has 11 heteroatoms. The third kappa shape index (κ3) is 4.69. The fourth-order valence-corrected chi connectivity index (χ4v) is 4.49. The van der Waals surface area contributed by atoms with Gasteiger partial charge >= 0.3 is 6.03 Å². The quantitative estimate of drug-likeness (QED) is 0.342. The van der Waals surface area contributed by atoms with Gasteiger partial charge in [-0.2, -0.15) is 0 Å². The number of barbiturate groups is 1. The number of ether oxygens (including phenoxy) is 1. The second-order valence-corrected chi connectivity index (χ2v) is 8.16. The van der Waals surface area contributed by atoms with E-state index in [4.69, 9.17) is 4.74 Å². The maximum atomic E-state index is 13.2. The molecule has 0 atom stereocenters. The molecule has 0 aromatic heterocycles. The molecule has 2 aromatic carbocycles. The van der Waals surface area contributed by atoms with Crippen molar-refractivity contribution in [3.8, 4) is 11.5 Å². The molecule has 4 amide bonds. The van der Waals surface area contributed by atoms with E-state index in [0.29, 0.717) is 49.4 Å². The predicted molar refractivity (Wildman–Crippen MR) is 118 cm³/mol. The maximum Gasteiger partial charge on any atom is 0.328 e. The van der Waals surface area contributed by atoms with Crippen molar-refractivity contribution in [3.05, 3.63) is 70.3 Å². The Hall–Kier alpha value is -3.99. The number of rotatable bonds is 8. The molecule has 0 aliphatic carbocycles. The van der Waals surface area contributed by atoms with Crippen LogP contribution >= 0.6 is 0 Å². The van der Waals surface area contributed by atoms with E-state index in [-0.39, 0.29) is 12.5 Å². The van der Waals surface area contributed by atoms with Crippen LogP contribution in [0.4, 0.5) is 4.79 Å². The second-order valence-electron chi connectivity index (χ2n) is 8.16. The average Bonchev–Trinajstić information content (AvgIpc) is 2.81. The Bertz CT molecular complexity index is 1050. The lowest BCUT2D eigenvalue weighted by atomic mass is 9.81. The number of carbonyl (C=O) groups is 3. The van der Waals surface area contributed by atoms with E-state index in [1.807, 2.05) is 30.3 Å². The molecule has 0 unspecified atom stereocenters. The smallest absolute Gasteiger partial charge is 0.328 e. The third-order valence-electron chi connectivity index (χ3n) is 6.17. The Morgan fingerprint density at radius 1 is 0.941 bits per heavy atom. The van der Waals surface area contributed by atoms with E-state index in [1.165, 1.54) is 0 Å². The summed E-state index contributed by atoms with van der Waals surface area (Å²) in [6.07, 6.45) is 1.74. The lowest BCUT2D eigenvalue weighted by molar-refractivity contribution is -0.758. The number of imide groups is 2. The van der Waals surface area contributed by atoms with Gasteiger partial charge in [-0.15, -0.1) is 10.1 Å². The van der Waals surface area contributed by atoms with Gasteiger partial charge in [-0.25, -0.2) is 4.79 Å². The standard InChI is InChI=1S/C23H24N4O7/c28-20-23(21(29)25-22(30)24-20,26-13-10-16(11-14-26)12-15-33-27(31)32)17-6-8-19(9-7-17)34-18-4-2-1-3-5-18/h1-9,16H,10-15H2,(H2,24,25,28,29,30). The van der Waals surface area contributed by atoms with Gasteiger partial charge in [-0.1, -0.05) is 30.3 Å². The normalized spacial score (nSPS) is 18.6. The summed E-state index contributed by atoms with van der Waals surface area (Å²) >= 11 is 0. The first-order chi connectivity index (χ1) is 16.4. The molecule has 2 saturated heterocycles. The fraction of sp³-hybridized carbons (Fsp3) is 0.348. The summed E-state index contributed by atoms with van der Waals surface area (Å²) in [5.74, 6) is -0.0957. The predicted octanol–water partition coefficient (Wildman–Crippen LogP) is 2.35. The van der Waals surface area contributed by atoms with E-state index >= 15 is 0 Å². The number of nitrogens with zero attached hydrogens (tertiary/aromatic N) is 2. The Labute approximate surface area is 195 Å². The van der Waals surface area contributed by atoms with Crippen LogP contribution in [-0.2, 0) is 20.0 Å². The van der Waals surface area contributed by atoms with Crippen LogP contribution in [-0.4, -0.2) is 47.5 Å². The Balaban J connectivity index is 1.56. The number of para-hydroxylation sites is 1. The lowest BCUT2D eigenvalue weighted by Crippen LogP contribution is -2.71. The van der Waals surface area contributed by atoms with Crippen molar-refractivity contribution >= 4 is 17.8 Å². The average molecular weight is 468 g/mol. The first-order valence-electron chi connectivity index (χ1n) is 10.9. The number of nitrogens with one attached hydrogen (secondary N) is 2. The van der Waals surface area contributed by atoms with Gasteiger partial charge in [0.05, 0.1) is 6.61 Å². The van der Waals surface area contributed by atoms with Crippen molar-refractivity contribution < 1.29 is 29.0 Å². The molecule has 2 fully saturated rings. The zero-order valence-corrected chi connectivity index (χ0v) is 18.3. The lowest BCUT2D eigenvalue weighted by Gasteiger charge is -2.46. The van der Waals surface area contributed by atoms with Gasteiger partial charge in [0.1, 0.15) is 11.5 Å². The highest BCUT2D eigenvalue weighted by Gasteiger charge is 2.56. The van der Waals surface area contributed by atoms with E-state index in [2.05, 4.69) is 15.5 Å². The van der Waals surface area contributed by atoms with Gasteiger partial charge < -0.3 is 9.57 Å². The SMILES string of the molecule is O=C1NC(=O)C(c2ccc(Oc3ccccc3)cc2)(N2CCC(CCO[N+](=O)[O-])CC2)C(=O)N1. The molecule has 0 saturated carbocycles. The van der Waals surface area contributed by atoms with Crippen LogP contribution in [0, 0.1) is 16.0 Å². The molecule has 2 aliphatic rings. The number of benzene rings is 2. The molecule has 4 rings (SSSR count). The van der Waals surface area contributed by atoms with Crippen LogP contribution < -0.4 is 15.4 Å². The van der Waals surface area contributed by atoms with E-state index in [9.17, 15) is 24.5 Å². The number of hydrogen-bond donors (Lipinski definition) is 2. The number of likely N-dealkylation sites (tertiary alicyclic amines) is 1. The summed E-state index contributed by atoms with van der Waals surface area (Å²) in [6.45, 7) is 0.780. The summed E-state index contributed by atoms with van der Waals surface area (Å²) < 4.78 is 5.81. The first-order valence-corrected chi connectivity index (χ1v) is 10.9. The molecule has 178 valence electrons. The number of carbonyl (C=O) groups excluding carboxylic acids is 3. The molecule has 0 spiro atoms. The van der Waals surface area contributed by atoms with Crippen molar-refractivity contribution in [1.82, 2.24) is 15.5 Å². The molecular weight excluding hydrogens is 444 g/mol. The van der Waals surface area contributed by atoms with Gasteiger partial charge in [0.15, 0.2) is 0 Å². The van der Waals surface area contributed by atoms with E-state index in [1.54, 1.807) is 29.2 Å². The van der Waals surface area contributed by atoms with E-state index < -0.39 is 28.5 Å². The van der Waals surface area contributed by atoms with Gasteiger partial charge in [0.25, 0.3) is 16.9 Å². The Morgan fingerprint density at radius 2 is 1.53 bits per heavy atom. The molecular formula is C23H24N4O7. The van der Waals surface area contributed by atoms with Crippen molar-refractivity contribution in [2.45, 2.75) is 24.8 Å². The monoisotopic (exact) mass is 468 g/mol. The van der Waals surface area contributed by atoms with Crippen LogP contribution in [0.2, 0.25) is 0 Å². The summed E-state index contributed by atoms with van der Waals surface area (Å²) in [5, 5.41) is 14.0. The molecule has 0 radical (unpaired) electrons. The minimum atomic E-state index is -1.72. The number of piperidine rings is 1. The van der Waals surface area contributed by atoms with Gasteiger partial charge in [-0.3, -0.25) is 25.1 Å². The molecule has 34 heavy (non-hydrogen) atoms. The van der Waals surface area contributed by atoms with Crippen LogP contribution in [0.5, 0.6) is 11.5 Å². The second kappa shape index (κ2) is 9.87. The minimum Gasteiger partial charge on any atom is -0.457 e. The van der Waals surface area contributed by atoms with Crippen molar-refractivity contribution in [3.63, 3.8) is 0 Å². The molecule has 0 bridgehead atoms. The number of amides is 4. The zero-order valence-electron chi connectivity index (χ0n) is 18.3. The highest BCUT2D eigenvalue weighted by Crippen LogP contribution is 2.36. The molecule has 11 nitrogen and oxygen atoms in total. The van der Waals surface area contributed by atoms with Crippen molar-refractivity contribution in [2.75, 3.05) is 19.7 Å². The van der Waals surface area contributed by atoms with Crippen LogP contribution in [0.15, 0.2) is 54.6 Å². The van der Waals surface area contributed by atoms with Crippen LogP contribution in [0.3, 0.4) is 0 Å². The summed E-state index contributed by atoms with van der Waals surface area (Å²) in [6, 6.07) is 15.0. The minimum absolute atomic E-state index is 0.00115. The third-order valence-corrected chi connectivity index (χ3v) is 6.17. The van der Waals surface area contributed by atoms with Crippen LogP contribution in [0.25, 0.3) is 0 Å². The Morgan fingerprint density at radius 3 is 2.12 bits per heavy atom. The zero-order chi connectivity index (χ0) is 24.1. The first kappa shape index (κ1) is 23.2. The molecule has 2 N–H and O–H groups in total. The van der Waals surface area contributed by atoms with Gasteiger partial charge in [0, 0.05) is 13.1 Å². The summed E-state index contributed by atoms with van der Waals surface area (Å²) in [4.78, 5) is 54.7. The summed E-state index contributed by atoms with van der Waals surface area (Å²) in [5.41, 5.74) is -1.31. The maximum absolute atomic E-state index is 13.2. The highest BCUT2D eigenvalue weighted by atomic mass is 16.9. The Kier molecular flexibility index (Phi) is 6.73.